The summed E-state index contributed by atoms with van der Waals surface area (Å²) >= 11 is 0. The van der Waals surface area contributed by atoms with Crippen molar-refractivity contribution in [1.29, 1.82) is 0 Å². The van der Waals surface area contributed by atoms with E-state index >= 15 is 0 Å². The van der Waals surface area contributed by atoms with Crippen molar-refractivity contribution < 1.29 is 0 Å². The summed E-state index contributed by atoms with van der Waals surface area (Å²) in [4.78, 5) is 2.62. The molecular formula is C15H30N2. The van der Waals surface area contributed by atoms with Gasteiger partial charge in [0.1, 0.15) is 0 Å². The normalized spacial score (nSPS) is 29.8. The van der Waals surface area contributed by atoms with Crippen LogP contribution in [0.4, 0.5) is 0 Å². The third-order valence-electron chi connectivity index (χ3n) is 4.54. The van der Waals surface area contributed by atoms with Crippen LogP contribution in [0.3, 0.4) is 0 Å². The van der Waals surface area contributed by atoms with Gasteiger partial charge in [-0.05, 0) is 56.9 Å². The quantitative estimate of drug-likeness (QED) is 0.733. The summed E-state index contributed by atoms with van der Waals surface area (Å²) in [5.74, 6) is 2.00. The molecule has 0 bridgehead atoms. The average molecular weight is 238 g/mol. The largest absolute Gasteiger partial charge is 0.313 e. The highest BCUT2D eigenvalue weighted by molar-refractivity contribution is 4.78. The number of hydrogen-bond donors (Lipinski definition) is 1. The molecule has 0 aromatic carbocycles. The van der Waals surface area contributed by atoms with E-state index in [1.54, 1.807) is 0 Å². The number of likely N-dealkylation sites (N-methyl/N-ethyl adjacent to an activating group) is 1. The van der Waals surface area contributed by atoms with Crippen molar-refractivity contribution in [2.75, 3.05) is 26.2 Å². The Bertz CT molecular complexity index is 205. The van der Waals surface area contributed by atoms with Crippen molar-refractivity contribution in [3.05, 3.63) is 0 Å². The third-order valence-corrected chi connectivity index (χ3v) is 4.54. The van der Waals surface area contributed by atoms with Gasteiger partial charge in [0.15, 0.2) is 0 Å². The summed E-state index contributed by atoms with van der Waals surface area (Å²) in [6, 6.07) is 0.811. The fourth-order valence-electron chi connectivity index (χ4n) is 2.94. The van der Waals surface area contributed by atoms with E-state index in [2.05, 4.69) is 24.1 Å². The predicted molar refractivity (Wildman–Crippen MR) is 74.3 cm³/mol. The van der Waals surface area contributed by atoms with Gasteiger partial charge in [0, 0.05) is 25.7 Å². The van der Waals surface area contributed by atoms with Crippen LogP contribution in [0.15, 0.2) is 0 Å². The Morgan fingerprint density at radius 1 is 1.06 bits per heavy atom. The second-order valence-corrected chi connectivity index (χ2v) is 6.25. The third kappa shape index (κ3) is 4.97. The van der Waals surface area contributed by atoms with E-state index < -0.39 is 0 Å². The Hall–Kier alpha value is -0.0800. The van der Waals surface area contributed by atoms with Crippen molar-refractivity contribution in [1.82, 2.24) is 10.2 Å². The highest BCUT2D eigenvalue weighted by Gasteiger charge is 2.23. The van der Waals surface area contributed by atoms with Crippen LogP contribution in [0, 0.1) is 11.8 Å². The maximum Gasteiger partial charge on any atom is 0.0107 e. The summed E-state index contributed by atoms with van der Waals surface area (Å²) in [7, 11) is 0. The Labute approximate surface area is 107 Å². The van der Waals surface area contributed by atoms with E-state index in [4.69, 9.17) is 0 Å². The van der Waals surface area contributed by atoms with Crippen LogP contribution >= 0.6 is 0 Å². The van der Waals surface area contributed by atoms with Gasteiger partial charge in [-0.3, -0.25) is 0 Å². The van der Waals surface area contributed by atoms with Crippen molar-refractivity contribution in [2.24, 2.45) is 11.8 Å². The SMILES string of the molecule is CCN(CCNC1CCC(C)CC1)CC1CC1. The molecule has 0 spiro atoms. The molecule has 0 amide bonds. The van der Waals surface area contributed by atoms with Gasteiger partial charge >= 0.3 is 0 Å². The summed E-state index contributed by atoms with van der Waals surface area (Å²) < 4.78 is 0. The predicted octanol–water partition coefficient (Wildman–Crippen LogP) is 2.89. The number of hydrogen-bond acceptors (Lipinski definition) is 2. The van der Waals surface area contributed by atoms with Gasteiger partial charge < -0.3 is 10.2 Å². The van der Waals surface area contributed by atoms with Crippen molar-refractivity contribution in [3.63, 3.8) is 0 Å². The molecule has 2 aliphatic rings. The van der Waals surface area contributed by atoms with E-state index in [9.17, 15) is 0 Å². The average Bonchev–Trinajstić information content (AvgIpc) is 3.14. The molecule has 0 heterocycles. The van der Waals surface area contributed by atoms with Gasteiger partial charge in [0.05, 0.1) is 0 Å². The zero-order valence-corrected chi connectivity index (χ0v) is 11.8. The van der Waals surface area contributed by atoms with Crippen LogP contribution in [0.5, 0.6) is 0 Å². The lowest BCUT2D eigenvalue weighted by Gasteiger charge is -2.28. The van der Waals surface area contributed by atoms with E-state index in [-0.39, 0.29) is 0 Å². The lowest BCUT2D eigenvalue weighted by Crippen LogP contribution is -2.39. The van der Waals surface area contributed by atoms with Crippen LogP contribution in [-0.4, -0.2) is 37.1 Å². The van der Waals surface area contributed by atoms with Crippen LogP contribution in [0.1, 0.15) is 52.4 Å². The molecule has 0 atom stereocenters. The molecule has 2 heteroatoms. The van der Waals surface area contributed by atoms with Gasteiger partial charge in [-0.1, -0.05) is 13.8 Å². The van der Waals surface area contributed by atoms with Crippen LogP contribution in [0.25, 0.3) is 0 Å². The maximum absolute atomic E-state index is 3.76. The first-order valence-electron chi connectivity index (χ1n) is 7.73. The second-order valence-electron chi connectivity index (χ2n) is 6.25. The van der Waals surface area contributed by atoms with Gasteiger partial charge in [-0.25, -0.2) is 0 Å². The molecule has 17 heavy (non-hydrogen) atoms. The summed E-state index contributed by atoms with van der Waals surface area (Å²) in [6.45, 7) is 9.70. The molecule has 0 radical (unpaired) electrons. The highest BCUT2D eigenvalue weighted by Crippen LogP contribution is 2.29. The molecular weight excluding hydrogens is 208 g/mol. The molecule has 2 saturated carbocycles. The van der Waals surface area contributed by atoms with Gasteiger partial charge in [-0.15, -0.1) is 0 Å². The first-order valence-corrected chi connectivity index (χ1v) is 7.73. The monoisotopic (exact) mass is 238 g/mol. The molecule has 0 aliphatic heterocycles. The maximum atomic E-state index is 3.76. The standard InChI is InChI=1S/C15H30N2/c1-3-17(12-14-6-7-14)11-10-16-15-8-4-13(2)5-9-15/h13-16H,3-12H2,1-2H3. The number of rotatable bonds is 7. The van der Waals surface area contributed by atoms with Crippen LogP contribution < -0.4 is 5.32 Å². The molecule has 100 valence electrons. The Morgan fingerprint density at radius 2 is 1.76 bits per heavy atom. The molecule has 2 fully saturated rings. The Morgan fingerprint density at radius 3 is 2.35 bits per heavy atom. The minimum absolute atomic E-state index is 0.811. The lowest BCUT2D eigenvalue weighted by atomic mass is 9.87. The molecule has 2 aliphatic carbocycles. The Kier molecular flexibility index (Phi) is 5.30. The van der Waals surface area contributed by atoms with Crippen LogP contribution in [0.2, 0.25) is 0 Å². The van der Waals surface area contributed by atoms with Gasteiger partial charge in [0.25, 0.3) is 0 Å². The van der Waals surface area contributed by atoms with Crippen LogP contribution in [-0.2, 0) is 0 Å². The molecule has 2 rings (SSSR count). The smallest absolute Gasteiger partial charge is 0.0107 e. The minimum Gasteiger partial charge on any atom is -0.313 e. The van der Waals surface area contributed by atoms with E-state index in [1.165, 1.54) is 64.7 Å². The molecule has 1 N–H and O–H groups in total. The topological polar surface area (TPSA) is 15.3 Å². The molecule has 0 unspecified atom stereocenters. The lowest BCUT2D eigenvalue weighted by molar-refractivity contribution is 0.254. The Balaban J connectivity index is 1.54. The van der Waals surface area contributed by atoms with E-state index in [0.717, 1.165) is 17.9 Å². The first kappa shape index (κ1) is 13.4. The van der Waals surface area contributed by atoms with Gasteiger partial charge in [-0.2, -0.15) is 0 Å². The molecule has 0 saturated heterocycles. The van der Waals surface area contributed by atoms with E-state index in [0.29, 0.717) is 0 Å². The fraction of sp³-hybridized carbons (Fsp3) is 1.00. The van der Waals surface area contributed by atoms with Crippen molar-refractivity contribution in [3.8, 4) is 0 Å². The zero-order chi connectivity index (χ0) is 12.1. The van der Waals surface area contributed by atoms with Gasteiger partial charge in [0.2, 0.25) is 0 Å². The fourth-order valence-corrected chi connectivity index (χ4v) is 2.94. The van der Waals surface area contributed by atoms with Crippen molar-refractivity contribution >= 4 is 0 Å². The summed E-state index contributed by atoms with van der Waals surface area (Å²) in [6.07, 6.45) is 8.61. The van der Waals surface area contributed by atoms with E-state index in [1.807, 2.05) is 0 Å². The summed E-state index contributed by atoms with van der Waals surface area (Å²) in [5, 5.41) is 3.76. The van der Waals surface area contributed by atoms with Crippen molar-refractivity contribution in [2.45, 2.75) is 58.4 Å². The number of nitrogens with one attached hydrogen (secondary N) is 1. The number of nitrogens with zero attached hydrogens (tertiary/aromatic N) is 1. The first-order chi connectivity index (χ1) is 8.28. The highest BCUT2D eigenvalue weighted by atomic mass is 15.1. The summed E-state index contributed by atoms with van der Waals surface area (Å²) in [5.41, 5.74) is 0. The molecule has 2 nitrogen and oxygen atoms in total. The second kappa shape index (κ2) is 6.75. The minimum atomic E-state index is 0.811. The zero-order valence-electron chi connectivity index (χ0n) is 11.8. The molecule has 0 aromatic rings. The molecule has 0 aromatic heterocycles.